The molecule has 0 unspecified atom stereocenters. The summed E-state index contributed by atoms with van der Waals surface area (Å²) in [5, 5.41) is 4.41. The number of benzene rings is 1. The monoisotopic (exact) mass is 252 g/mol. The number of aromatic nitrogens is 3. The number of H-pyrrole nitrogens is 1. The molecule has 0 aliphatic rings. The first kappa shape index (κ1) is 11.9. The van der Waals surface area contributed by atoms with Crippen molar-refractivity contribution in [2.24, 2.45) is 0 Å². The molecule has 0 bridgehead atoms. The van der Waals surface area contributed by atoms with Gasteiger partial charge in [0, 0.05) is 17.6 Å². The Morgan fingerprint density at radius 1 is 1.16 bits per heavy atom. The van der Waals surface area contributed by atoms with E-state index in [-0.39, 0.29) is 0 Å². The molecular weight excluding hydrogens is 236 g/mol. The van der Waals surface area contributed by atoms with Gasteiger partial charge in [0.1, 0.15) is 5.69 Å². The number of para-hydroxylation sites is 1. The van der Waals surface area contributed by atoms with Crippen LogP contribution in [0.25, 0.3) is 22.4 Å². The number of imidazole rings is 1. The van der Waals surface area contributed by atoms with E-state index in [0.717, 1.165) is 41.2 Å². The summed E-state index contributed by atoms with van der Waals surface area (Å²) in [5.41, 5.74) is 2.94. The summed E-state index contributed by atoms with van der Waals surface area (Å²) < 4.78 is 0. The zero-order valence-electron chi connectivity index (χ0n) is 10.9. The predicted molar refractivity (Wildman–Crippen MR) is 76.7 cm³/mol. The van der Waals surface area contributed by atoms with Crippen molar-refractivity contribution in [3.05, 3.63) is 48.3 Å². The number of nitrogens with one attached hydrogen (secondary N) is 2. The summed E-state index contributed by atoms with van der Waals surface area (Å²) in [7, 11) is 0. The molecule has 0 spiro atoms. The van der Waals surface area contributed by atoms with Crippen LogP contribution in [-0.4, -0.2) is 21.5 Å². The highest BCUT2D eigenvalue weighted by Gasteiger charge is 2.05. The van der Waals surface area contributed by atoms with Crippen molar-refractivity contribution in [3.63, 3.8) is 0 Å². The zero-order chi connectivity index (χ0) is 13.1. The van der Waals surface area contributed by atoms with Gasteiger partial charge in [-0.3, -0.25) is 0 Å². The fourth-order valence-electron chi connectivity index (χ4n) is 2.04. The van der Waals surface area contributed by atoms with Crippen molar-refractivity contribution >= 4 is 10.9 Å². The third-order valence-corrected chi connectivity index (χ3v) is 3.03. The molecule has 0 radical (unpaired) electrons. The van der Waals surface area contributed by atoms with E-state index in [1.807, 2.05) is 30.5 Å². The third-order valence-electron chi connectivity index (χ3n) is 3.03. The van der Waals surface area contributed by atoms with E-state index in [1.165, 1.54) is 0 Å². The van der Waals surface area contributed by atoms with Crippen molar-refractivity contribution in [3.8, 4) is 11.5 Å². The highest BCUT2D eigenvalue weighted by atomic mass is 15.0. The van der Waals surface area contributed by atoms with E-state index in [4.69, 9.17) is 0 Å². The average molecular weight is 252 g/mol. The summed E-state index contributed by atoms with van der Waals surface area (Å²) in [6.07, 6.45) is 1.86. The topological polar surface area (TPSA) is 53.6 Å². The van der Waals surface area contributed by atoms with E-state index in [9.17, 15) is 0 Å². The third kappa shape index (κ3) is 2.48. The second kappa shape index (κ2) is 5.20. The van der Waals surface area contributed by atoms with Crippen molar-refractivity contribution in [1.82, 2.24) is 20.3 Å². The van der Waals surface area contributed by atoms with Gasteiger partial charge in [-0.25, -0.2) is 9.97 Å². The van der Waals surface area contributed by atoms with Crippen LogP contribution in [0.5, 0.6) is 0 Å². The molecule has 2 N–H and O–H groups in total. The lowest BCUT2D eigenvalue weighted by Crippen LogP contribution is -2.11. The minimum Gasteiger partial charge on any atom is -0.339 e. The van der Waals surface area contributed by atoms with Crippen LogP contribution in [0.1, 0.15) is 12.6 Å². The summed E-state index contributed by atoms with van der Waals surface area (Å²) in [6.45, 7) is 3.84. The maximum atomic E-state index is 4.62. The van der Waals surface area contributed by atoms with Crippen molar-refractivity contribution < 1.29 is 0 Å². The van der Waals surface area contributed by atoms with Crippen molar-refractivity contribution in [1.29, 1.82) is 0 Å². The standard InChI is InChI=1S/C15H16N4/c1-2-16-9-12-10-17-15(18-12)14-8-7-11-5-3-4-6-13(11)19-14/h3-8,10,16H,2,9H2,1H3,(H,17,18). The fourth-order valence-corrected chi connectivity index (χ4v) is 2.04. The first-order chi connectivity index (χ1) is 9.36. The second-order valence-corrected chi connectivity index (χ2v) is 4.43. The van der Waals surface area contributed by atoms with Crippen LogP contribution in [0, 0.1) is 0 Å². The van der Waals surface area contributed by atoms with E-state index in [0.29, 0.717) is 0 Å². The van der Waals surface area contributed by atoms with Crippen LogP contribution in [-0.2, 0) is 6.54 Å². The molecule has 0 saturated carbocycles. The Morgan fingerprint density at radius 3 is 2.95 bits per heavy atom. The number of fused-ring (bicyclic) bond motifs is 1. The SMILES string of the molecule is CCNCc1cnc(-c2ccc3ccccc3n2)[nH]1. The minimum absolute atomic E-state index is 0.803. The Morgan fingerprint density at radius 2 is 2.05 bits per heavy atom. The van der Waals surface area contributed by atoms with Crippen LogP contribution in [0.4, 0.5) is 0 Å². The summed E-state index contributed by atoms with van der Waals surface area (Å²) in [5.74, 6) is 0.818. The van der Waals surface area contributed by atoms with Crippen molar-refractivity contribution in [2.75, 3.05) is 6.54 Å². The Balaban J connectivity index is 1.92. The number of aromatic amines is 1. The number of hydrogen-bond donors (Lipinski definition) is 2. The van der Waals surface area contributed by atoms with Crippen LogP contribution in [0.3, 0.4) is 0 Å². The van der Waals surface area contributed by atoms with E-state index in [1.54, 1.807) is 0 Å². The normalized spacial score (nSPS) is 11.0. The molecule has 0 saturated heterocycles. The maximum Gasteiger partial charge on any atom is 0.156 e. The van der Waals surface area contributed by atoms with Crippen LogP contribution in [0.15, 0.2) is 42.6 Å². The van der Waals surface area contributed by atoms with Gasteiger partial charge < -0.3 is 10.3 Å². The molecular formula is C15H16N4. The van der Waals surface area contributed by atoms with Gasteiger partial charge in [0.05, 0.1) is 11.7 Å². The molecule has 3 rings (SSSR count). The molecule has 4 nitrogen and oxygen atoms in total. The van der Waals surface area contributed by atoms with Crippen LogP contribution in [0.2, 0.25) is 0 Å². The quantitative estimate of drug-likeness (QED) is 0.750. The second-order valence-electron chi connectivity index (χ2n) is 4.43. The molecule has 96 valence electrons. The molecule has 0 fully saturated rings. The van der Waals surface area contributed by atoms with Gasteiger partial charge in [-0.2, -0.15) is 0 Å². The summed E-state index contributed by atoms with van der Waals surface area (Å²) in [4.78, 5) is 12.3. The minimum atomic E-state index is 0.803. The molecule has 0 atom stereocenters. The molecule has 3 aromatic rings. The molecule has 0 aliphatic heterocycles. The van der Waals surface area contributed by atoms with Crippen LogP contribution < -0.4 is 5.32 Å². The Kier molecular flexibility index (Phi) is 3.25. The first-order valence-corrected chi connectivity index (χ1v) is 6.47. The molecule has 19 heavy (non-hydrogen) atoms. The Hall–Kier alpha value is -2.20. The van der Waals surface area contributed by atoms with E-state index < -0.39 is 0 Å². The van der Waals surface area contributed by atoms with E-state index >= 15 is 0 Å². The molecule has 1 aromatic carbocycles. The van der Waals surface area contributed by atoms with Gasteiger partial charge in [-0.1, -0.05) is 31.2 Å². The highest BCUT2D eigenvalue weighted by Crippen LogP contribution is 2.18. The lowest BCUT2D eigenvalue weighted by molar-refractivity contribution is 0.714. The molecule has 2 heterocycles. The van der Waals surface area contributed by atoms with Crippen molar-refractivity contribution in [2.45, 2.75) is 13.5 Å². The van der Waals surface area contributed by atoms with Gasteiger partial charge >= 0.3 is 0 Å². The van der Waals surface area contributed by atoms with Gasteiger partial charge in [0.25, 0.3) is 0 Å². The molecule has 2 aromatic heterocycles. The first-order valence-electron chi connectivity index (χ1n) is 6.47. The predicted octanol–water partition coefficient (Wildman–Crippen LogP) is 2.73. The highest BCUT2D eigenvalue weighted by molar-refractivity contribution is 5.80. The average Bonchev–Trinajstić information content (AvgIpc) is 2.93. The number of rotatable bonds is 4. The Bertz CT molecular complexity index is 687. The largest absolute Gasteiger partial charge is 0.339 e. The Labute approximate surface area is 111 Å². The van der Waals surface area contributed by atoms with E-state index in [2.05, 4.69) is 39.3 Å². The van der Waals surface area contributed by atoms with Gasteiger partial charge in [-0.15, -0.1) is 0 Å². The zero-order valence-corrected chi connectivity index (χ0v) is 10.9. The molecule has 4 heteroatoms. The number of nitrogens with zero attached hydrogens (tertiary/aromatic N) is 2. The smallest absolute Gasteiger partial charge is 0.156 e. The summed E-state index contributed by atoms with van der Waals surface area (Å²) in [6, 6.07) is 12.2. The van der Waals surface area contributed by atoms with Gasteiger partial charge in [0.15, 0.2) is 5.82 Å². The number of pyridine rings is 1. The molecule has 0 aliphatic carbocycles. The number of hydrogen-bond acceptors (Lipinski definition) is 3. The fraction of sp³-hybridized carbons (Fsp3) is 0.200. The maximum absolute atomic E-state index is 4.62. The van der Waals surface area contributed by atoms with Crippen LogP contribution >= 0.6 is 0 Å². The lowest BCUT2D eigenvalue weighted by Gasteiger charge is -2.00. The van der Waals surface area contributed by atoms with Gasteiger partial charge in [-0.05, 0) is 18.7 Å². The molecule has 0 amide bonds. The lowest BCUT2D eigenvalue weighted by atomic mass is 10.2. The van der Waals surface area contributed by atoms with Gasteiger partial charge in [0.2, 0.25) is 0 Å². The summed E-state index contributed by atoms with van der Waals surface area (Å²) >= 11 is 0.